The van der Waals surface area contributed by atoms with Gasteiger partial charge in [0.2, 0.25) is 5.95 Å². The lowest BCUT2D eigenvalue weighted by atomic mass is 10.1. The van der Waals surface area contributed by atoms with Crippen LogP contribution in [0.4, 0.5) is 26.1 Å². The van der Waals surface area contributed by atoms with Gasteiger partial charge < -0.3 is 10.6 Å². The average molecular weight is 354 g/mol. The molecule has 1 heterocycles. The van der Waals surface area contributed by atoms with Crippen LogP contribution in [0.2, 0.25) is 0 Å². The number of hydrogen-bond acceptors (Lipinski definition) is 4. The summed E-state index contributed by atoms with van der Waals surface area (Å²) in [5.74, 6) is -1.83. The Morgan fingerprint density at radius 3 is 2.35 bits per heavy atom. The minimum absolute atomic E-state index is 0.116. The van der Waals surface area contributed by atoms with Crippen LogP contribution in [-0.2, 0) is 6.42 Å². The maximum atomic E-state index is 13.6. The van der Waals surface area contributed by atoms with E-state index in [1.54, 1.807) is 0 Å². The number of benzene rings is 2. The fourth-order valence-electron chi connectivity index (χ4n) is 2.25. The molecule has 0 aliphatic rings. The first-order valence-corrected chi connectivity index (χ1v) is 7.99. The van der Waals surface area contributed by atoms with Crippen molar-refractivity contribution in [2.75, 3.05) is 10.6 Å². The number of aryl methyl sites for hydroxylation is 1. The predicted octanol–water partition coefficient (Wildman–Crippen LogP) is 4.31. The summed E-state index contributed by atoms with van der Waals surface area (Å²) in [5, 5.41) is 5.39. The standard InChI is InChI=1S/C19H16F2N4O/c1-2-12-3-6-15(7-4-12)24-19-22-10-13(11-23-19)18(26)25-17-8-5-14(20)9-16(17)21/h3-11H,2H2,1H3,(H,25,26)(H,22,23,24). The first-order valence-electron chi connectivity index (χ1n) is 7.99. The van der Waals surface area contributed by atoms with Gasteiger partial charge in [-0.05, 0) is 36.2 Å². The summed E-state index contributed by atoms with van der Waals surface area (Å²) in [5.41, 5.74) is 2.08. The van der Waals surface area contributed by atoms with Gasteiger partial charge in [0.25, 0.3) is 5.91 Å². The molecule has 0 fully saturated rings. The molecular weight excluding hydrogens is 338 g/mol. The molecule has 0 saturated carbocycles. The Morgan fingerprint density at radius 1 is 1.04 bits per heavy atom. The highest BCUT2D eigenvalue weighted by Gasteiger charge is 2.11. The maximum Gasteiger partial charge on any atom is 0.258 e. The van der Waals surface area contributed by atoms with Crippen molar-refractivity contribution >= 4 is 23.2 Å². The van der Waals surface area contributed by atoms with Crippen LogP contribution >= 0.6 is 0 Å². The van der Waals surface area contributed by atoms with Gasteiger partial charge >= 0.3 is 0 Å². The number of amides is 1. The smallest absolute Gasteiger partial charge is 0.258 e. The molecule has 3 rings (SSSR count). The zero-order valence-electron chi connectivity index (χ0n) is 14.0. The molecule has 1 aromatic heterocycles. The molecule has 0 aliphatic heterocycles. The highest BCUT2D eigenvalue weighted by molar-refractivity contribution is 6.03. The number of nitrogens with zero attached hydrogens (tertiary/aromatic N) is 2. The van der Waals surface area contributed by atoms with Crippen molar-refractivity contribution < 1.29 is 13.6 Å². The summed E-state index contributed by atoms with van der Waals surface area (Å²) < 4.78 is 26.5. The zero-order chi connectivity index (χ0) is 18.5. The number of carbonyl (C=O) groups excluding carboxylic acids is 1. The van der Waals surface area contributed by atoms with E-state index in [-0.39, 0.29) is 11.3 Å². The van der Waals surface area contributed by atoms with E-state index in [1.807, 2.05) is 24.3 Å². The van der Waals surface area contributed by atoms with Crippen LogP contribution in [0.25, 0.3) is 0 Å². The SMILES string of the molecule is CCc1ccc(Nc2ncc(C(=O)Nc3ccc(F)cc3F)cn2)cc1. The molecule has 26 heavy (non-hydrogen) atoms. The summed E-state index contributed by atoms with van der Waals surface area (Å²) in [7, 11) is 0. The molecule has 0 unspecified atom stereocenters. The summed E-state index contributed by atoms with van der Waals surface area (Å²) >= 11 is 0. The Balaban J connectivity index is 1.67. The summed E-state index contributed by atoms with van der Waals surface area (Å²) in [6.07, 6.45) is 3.61. The molecule has 0 aliphatic carbocycles. The Kier molecular flexibility index (Phi) is 5.17. The number of nitrogens with one attached hydrogen (secondary N) is 2. The number of carbonyl (C=O) groups is 1. The lowest BCUT2D eigenvalue weighted by molar-refractivity contribution is 0.102. The third-order valence-electron chi connectivity index (χ3n) is 3.71. The van der Waals surface area contributed by atoms with Crippen LogP contribution in [0, 0.1) is 11.6 Å². The van der Waals surface area contributed by atoms with Gasteiger partial charge in [0.15, 0.2) is 0 Å². The van der Waals surface area contributed by atoms with Gasteiger partial charge in [0, 0.05) is 24.1 Å². The molecule has 0 radical (unpaired) electrons. The molecule has 0 saturated heterocycles. The molecule has 1 amide bonds. The molecule has 5 nitrogen and oxygen atoms in total. The first-order chi connectivity index (χ1) is 12.5. The Morgan fingerprint density at radius 2 is 1.73 bits per heavy atom. The number of anilines is 3. The second-order valence-corrected chi connectivity index (χ2v) is 5.55. The minimum atomic E-state index is -0.854. The fourth-order valence-corrected chi connectivity index (χ4v) is 2.25. The lowest BCUT2D eigenvalue weighted by Gasteiger charge is -2.08. The Bertz CT molecular complexity index is 912. The predicted molar refractivity (Wildman–Crippen MR) is 95.4 cm³/mol. The van der Waals surface area contributed by atoms with E-state index in [9.17, 15) is 13.6 Å². The van der Waals surface area contributed by atoms with Crippen molar-refractivity contribution in [1.29, 1.82) is 0 Å². The lowest BCUT2D eigenvalue weighted by Crippen LogP contribution is -2.14. The monoisotopic (exact) mass is 354 g/mol. The summed E-state index contributed by atoms with van der Waals surface area (Å²) in [4.78, 5) is 20.3. The van der Waals surface area contributed by atoms with Gasteiger partial charge in [-0.1, -0.05) is 19.1 Å². The molecule has 0 spiro atoms. The fraction of sp³-hybridized carbons (Fsp3) is 0.105. The molecule has 132 valence electrons. The molecule has 0 bridgehead atoms. The van der Waals surface area contributed by atoms with E-state index in [4.69, 9.17) is 0 Å². The van der Waals surface area contributed by atoms with Gasteiger partial charge in [0.05, 0.1) is 11.3 Å². The average Bonchev–Trinajstić information content (AvgIpc) is 2.65. The van der Waals surface area contributed by atoms with Gasteiger partial charge in [-0.3, -0.25) is 4.79 Å². The summed E-state index contributed by atoms with van der Waals surface area (Å²) in [6.45, 7) is 2.08. The van der Waals surface area contributed by atoms with Crippen LogP contribution in [0.5, 0.6) is 0 Å². The van der Waals surface area contributed by atoms with E-state index in [1.165, 1.54) is 18.0 Å². The van der Waals surface area contributed by atoms with E-state index in [2.05, 4.69) is 27.5 Å². The Hall–Kier alpha value is -3.35. The topological polar surface area (TPSA) is 66.9 Å². The quantitative estimate of drug-likeness (QED) is 0.716. The first kappa shape index (κ1) is 17.5. The molecule has 3 aromatic rings. The second kappa shape index (κ2) is 7.69. The second-order valence-electron chi connectivity index (χ2n) is 5.55. The van der Waals surface area contributed by atoms with Crippen molar-refractivity contribution in [2.45, 2.75) is 13.3 Å². The minimum Gasteiger partial charge on any atom is -0.324 e. The third kappa shape index (κ3) is 4.18. The maximum absolute atomic E-state index is 13.6. The third-order valence-corrected chi connectivity index (χ3v) is 3.71. The van der Waals surface area contributed by atoms with E-state index in [0.717, 1.165) is 24.2 Å². The van der Waals surface area contributed by atoms with Crippen molar-refractivity contribution in [3.8, 4) is 0 Å². The number of hydrogen-bond donors (Lipinski definition) is 2. The highest BCUT2D eigenvalue weighted by atomic mass is 19.1. The molecule has 2 aromatic carbocycles. The normalized spacial score (nSPS) is 10.4. The van der Waals surface area contributed by atoms with Crippen LogP contribution in [0.1, 0.15) is 22.8 Å². The molecule has 0 atom stereocenters. The zero-order valence-corrected chi connectivity index (χ0v) is 14.0. The van der Waals surface area contributed by atoms with Crippen LogP contribution in [0.3, 0.4) is 0 Å². The van der Waals surface area contributed by atoms with Crippen molar-refractivity contribution in [2.24, 2.45) is 0 Å². The van der Waals surface area contributed by atoms with E-state index >= 15 is 0 Å². The highest BCUT2D eigenvalue weighted by Crippen LogP contribution is 2.17. The van der Waals surface area contributed by atoms with Crippen molar-refractivity contribution in [3.63, 3.8) is 0 Å². The Labute approximate surface area is 149 Å². The van der Waals surface area contributed by atoms with Crippen LogP contribution in [-0.4, -0.2) is 15.9 Å². The van der Waals surface area contributed by atoms with Gasteiger partial charge in [-0.2, -0.15) is 0 Å². The summed E-state index contributed by atoms with van der Waals surface area (Å²) in [6, 6.07) is 10.7. The van der Waals surface area contributed by atoms with E-state index in [0.29, 0.717) is 12.0 Å². The molecule has 7 heteroatoms. The molecular formula is C19H16F2N4O. The van der Waals surface area contributed by atoms with Crippen molar-refractivity contribution in [3.05, 3.63) is 77.6 Å². The van der Waals surface area contributed by atoms with E-state index < -0.39 is 17.5 Å². The van der Waals surface area contributed by atoms with Gasteiger partial charge in [0.1, 0.15) is 11.6 Å². The van der Waals surface area contributed by atoms with Crippen LogP contribution < -0.4 is 10.6 Å². The number of halogens is 2. The number of aromatic nitrogens is 2. The van der Waals surface area contributed by atoms with Crippen molar-refractivity contribution in [1.82, 2.24) is 9.97 Å². The largest absolute Gasteiger partial charge is 0.324 e. The van der Waals surface area contributed by atoms with Crippen LogP contribution in [0.15, 0.2) is 54.9 Å². The van der Waals surface area contributed by atoms with Gasteiger partial charge in [-0.25, -0.2) is 18.7 Å². The molecule has 2 N–H and O–H groups in total. The van der Waals surface area contributed by atoms with Gasteiger partial charge in [-0.15, -0.1) is 0 Å². The number of rotatable bonds is 5.